The number of aromatic nitrogens is 1. The van der Waals surface area contributed by atoms with Crippen molar-refractivity contribution in [3.63, 3.8) is 0 Å². The summed E-state index contributed by atoms with van der Waals surface area (Å²) in [4.78, 5) is 4.89. The molecule has 0 saturated carbocycles. The number of alkyl halides is 3. The van der Waals surface area contributed by atoms with E-state index < -0.39 is 12.6 Å². The molecule has 0 fully saturated rings. The third-order valence-corrected chi connectivity index (χ3v) is 6.36. The van der Waals surface area contributed by atoms with Crippen molar-refractivity contribution >= 4 is 17.0 Å². The van der Waals surface area contributed by atoms with Crippen LogP contribution in [-0.4, -0.2) is 17.8 Å². The summed E-state index contributed by atoms with van der Waals surface area (Å²) in [5.41, 5.74) is 5.82. The highest BCUT2D eigenvalue weighted by atomic mass is 19.4. The van der Waals surface area contributed by atoms with Gasteiger partial charge in [-0.3, -0.25) is 4.98 Å². The molecule has 0 spiro atoms. The van der Waals surface area contributed by atoms with Crippen LogP contribution < -0.4 is 4.74 Å². The third-order valence-electron chi connectivity index (χ3n) is 6.36. The molecule has 0 saturated heterocycles. The molecule has 2 nitrogen and oxygen atoms in total. The van der Waals surface area contributed by atoms with Crippen molar-refractivity contribution in [2.75, 3.05) is 6.61 Å². The minimum Gasteiger partial charge on any atom is -0.494 e. The second-order valence-corrected chi connectivity index (χ2v) is 9.02. The minimum atomic E-state index is -4.02. The predicted octanol–water partition coefficient (Wildman–Crippen LogP) is 8.92. The van der Waals surface area contributed by atoms with Gasteiger partial charge in [0.05, 0.1) is 12.1 Å². The average Bonchev–Trinajstić information content (AvgIpc) is 2.83. The van der Waals surface area contributed by atoms with Gasteiger partial charge in [-0.2, -0.15) is 13.2 Å². The number of hydrogen-bond acceptors (Lipinski definition) is 2. The molecule has 5 heteroatoms. The Balaban J connectivity index is 1.26. The van der Waals surface area contributed by atoms with Gasteiger partial charge in [0.15, 0.2) is 0 Å². The maximum Gasteiger partial charge on any atom is 0.389 e. The van der Waals surface area contributed by atoms with Crippen LogP contribution >= 0.6 is 0 Å². The fourth-order valence-electron chi connectivity index (χ4n) is 4.60. The first kappa shape index (κ1) is 24.3. The van der Waals surface area contributed by atoms with Crippen LogP contribution in [0.1, 0.15) is 69.0 Å². The fourth-order valence-corrected chi connectivity index (χ4v) is 4.60. The molecular formula is C29H32F3NO. The molecule has 0 radical (unpaired) electrons. The number of fused-ring (bicyclic) bond motifs is 2. The number of aryl methyl sites for hydroxylation is 1. The van der Waals surface area contributed by atoms with Crippen LogP contribution in [-0.2, 0) is 6.42 Å². The van der Waals surface area contributed by atoms with E-state index in [0.29, 0.717) is 13.0 Å². The van der Waals surface area contributed by atoms with E-state index in [9.17, 15) is 13.2 Å². The van der Waals surface area contributed by atoms with Crippen molar-refractivity contribution in [2.24, 2.45) is 0 Å². The summed E-state index contributed by atoms with van der Waals surface area (Å²) in [5, 5.41) is 1.17. The van der Waals surface area contributed by atoms with Crippen molar-refractivity contribution in [3.8, 4) is 16.9 Å². The molecule has 1 heterocycles. The topological polar surface area (TPSA) is 22.1 Å². The summed E-state index contributed by atoms with van der Waals surface area (Å²) in [6, 6.07) is 16.6. The quantitative estimate of drug-likeness (QED) is 0.263. The zero-order chi connectivity index (χ0) is 23.8. The van der Waals surface area contributed by atoms with Gasteiger partial charge >= 0.3 is 6.18 Å². The molecule has 0 N–H and O–H groups in total. The van der Waals surface area contributed by atoms with Crippen molar-refractivity contribution in [3.05, 3.63) is 65.9 Å². The van der Waals surface area contributed by atoms with E-state index in [1.807, 2.05) is 18.2 Å². The van der Waals surface area contributed by atoms with E-state index in [1.54, 1.807) is 0 Å². The molecule has 2 aromatic carbocycles. The van der Waals surface area contributed by atoms with Crippen LogP contribution in [0.5, 0.6) is 5.75 Å². The molecule has 3 aromatic rings. The fraction of sp³-hybridized carbons (Fsp3) is 0.414. The van der Waals surface area contributed by atoms with Gasteiger partial charge in [-0.25, -0.2) is 0 Å². The van der Waals surface area contributed by atoms with Gasteiger partial charge in [0.1, 0.15) is 5.75 Å². The second-order valence-electron chi connectivity index (χ2n) is 9.02. The zero-order valence-electron chi connectivity index (χ0n) is 19.5. The number of ether oxygens (including phenoxy) is 1. The Morgan fingerprint density at radius 1 is 0.824 bits per heavy atom. The molecule has 0 unspecified atom stereocenters. The Morgan fingerprint density at radius 3 is 2.29 bits per heavy atom. The lowest BCUT2D eigenvalue weighted by molar-refractivity contribution is -0.135. The number of unbranched alkanes of at least 4 members (excludes halogenated alkanes) is 6. The average molecular weight is 468 g/mol. The van der Waals surface area contributed by atoms with E-state index in [0.717, 1.165) is 61.9 Å². The first-order chi connectivity index (χ1) is 16.5. The first-order valence-corrected chi connectivity index (χ1v) is 12.4. The Bertz CT molecular complexity index is 1100. The van der Waals surface area contributed by atoms with Gasteiger partial charge in [-0.1, -0.05) is 74.6 Å². The summed E-state index contributed by atoms with van der Waals surface area (Å²) in [6.45, 7) is 0.656. The molecule has 1 aliphatic rings. The summed E-state index contributed by atoms with van der Waals surface area (Å²) in [6.07, 6.45) is 7.57. The Hall–Kier alpha value is -2.82. The summed E-state index contributed by atoms with van der Waals surface area (Å²) >= 11 is 0. The molecule has 180 valence electrons. The van der Waals surface area contributed by atoms with Gasteiger partial charge in [0.25, 0.3) is 0 Å². The summed E-state index contributed by atoms with van der Waals surface area (Å²) in [7, 11) is 0. The number of allylic oxidation sites excluding steroid dienone is 1. The lowest BCUT2D eigenvalue weighted by atomic mass is 9.90. The van der Waals surface area contributed by atoms with Gasteiger partial charge in [-0.15, -0.1) is 0 Å². The number of benzene rings is 2. The van der Waals surface area contributed by atoms with Crippen LogP contribution in [0, 0.1) is 0 Å². The molecular weight excluding hydrogens is 435 g/mol. The maximum absolute atomic E-state index is 12.1. The normalized spacial score (nSPS) is 13.3. The van der Waals surface area contributed by atoms with Gasteiger partial charge in [-0.05, 0) is 49.4 Å². The summed E-state index contributed by atoms with van der Waals surface area (Å²) in [5.74, 6) is 0.860. The minimum absolute atomic E-state index is 0.247. The molecule has 0 amide bonds. The van der Waals surface area contributed by atoms with Crippen LogP contribution in [0.25, 0.3) is 28.1 Å². The Morgan fingerprint density at radius 2 is 1.53 bits per heavy atom. The number of nitrogens with zero attached hydrogens (tertiary/aromatic N) is 1. The SMILES string of the molecule is FC(F)(F)CCCCCCCCCOc1ccc(-c2c3c(nc4ccccc24)CCC=C3)cc1. The predicted molar refractivity (Wildman–Crippen MR) is 133 cm³/mol. The first-order valence-electron chi connectivity index (χ1n) is 12.4. The van der Waals surface area contributed by atoms with Gasteiger partial charge in [0, 0.05) is 28.6 Å². The standard InChI is InChI=1S/C29H32F3NO/c30-29(31,32)20-10-4-2-1-3-5-11-21-34-23-18-16-22(17-19-23)28-24-12-6-8-14-26(24)33-27-15-9-7-13-25(27)28/h6-8,12-14,16-19H,1-5,9-11,15,20-21H2. The van der Waals surface area contributed by atoms with Gasteiger partial charge < -0.3 is 4.74 Å². The Labute approximate surface area is 199 Å². The lowest BCUT2D eigenvalue weighted by Crippen LogP contribution is -2.06. The van der Waals surface area contributed by atoms with Crippen LogP contribution in [0.2, 0.25) is 0 Å². The Kier molecular flexibility index (Phi) is 8.25. The number of halogens is 3. The van der Waals surface area contributed by atoms with Crippen molar-refractivity contribution < 1.29 is 17.9 Å². The smallest absolute Gasteiger partial charge is 0.389 e. The highest BCUT2D eigenvalue weighted by Gasteiger charge is 2.25. The molecule has 0 aliphatic heterocycles. The number of hydrogen-bond donors (Lipinski definition) is 0. The van der Waals surface area contributed by atoms with Gasteiger partial charge in [0.2, 0.25) is 0 Å². The van der Waals surface area contributed by atoms with E-state index in [-0.39, 0.29) is 6.42 Å². The summed E-state index contributed by atoms with van der Waals surface area (Å²) < 4.78 is 42.3. The van der Waals surface area contributed by atoms with Crippen LogP contribution in [0.4, 0.5) is 13.2 Å². The van der Waals surface area contributed by atoms with Crippen molar-refractivity contribution in [1.29, 1.82) is 0 Å². The van der Waals surface area contributed by atoms with Crippen molar-refractivity contribution in [1.82, 2.24) is 4.98 Å². The van der Waals surface area contributed by atoms with E-state index >= 15 is 0 Å². The van der Waals surface area contributed by atoms with E-state index in [2.05, 4.69) is 42.5 Å². The molecule has 0 bridgehead atoms. The molecule has 1 aromatic heterocycles. The van der Waals surface area contributed by atoms with E-state index in [4.69, 9.17) is 9.72 Å². The molecule has 4 rings (SSSR count). The van der Waals surface area contributed by atoms with Crippen molar-refractivity contribution in [2.45, 2.75) is 70.4 Å². The zero-order valence-corrected chi connectivity index (χ0v) is 19.5. The molecule has 1 aliphatic carbocycles. The number of pyridine rings is 1. The maximum atomic E-state index is 12.1. The lowest BCUT2D eigenvalue weighted by Gasteiger charge is -2.18. The molecule has 34 heavy (non-hydrogen) atoms. The highest BCUT2D eigenvalue weighted by molar-refractivity contribution is 5.99. The van der Waals surface area contributed by atoms with Crippen LogP contribution in [0.15, 0.2) is 54.6 Å². The third kappa shape index (κ3) is 6.62. The number of para-hydroxylation sites is 1. The second kappa shape index (κ2) is 11.5. The van der Waals surface area contributed by atoms with Crippen LogP contribution in [0.3, 0.4) is 0 Å². The highest BCUT2D eigenvalue weighted by Crippen LogP contribution is 2.36. The molecule has 0 atom stereocenters. The monoisotopic (exact) mass is 467 g/mol. The largest absolute Gasteiger partial charge is 0.494 e. The number of rotatable bonds is 11. The van der Waals surface area contributed by atoms with E-state index in [1.165, 1.54) is 22.1 Å².